The van der Waals surface area contributed by atoms with Crippen LogP contribution in [0.25, 0.3) is 0 Å². The SMILES string of the molecule is COc1ccc(CC[C@@H](CCc2ccccc2Br)NC(=O)OC(C)(C)C)cc1OC. The topological polar surface area (TPSA) is 56.8 Å². The van der Waals surface area contributed by atoms with E-state index in [0.29, 0.717) is 11.5 Å². The minimum Gasteiger partial charge on any atom is -0.493 e. The third-order valence-electron chi connectivity index (χ3n) is 4.67. The molecule has 1 N–H and O–H groups in total. The van der Waals surface area contributed by atoms with Crippen LogP contribution in [0.1, 0.15) is 44.7 Å². The van der Waals surface area contributed by atoms with Crippen molar-refractivity contribution in [3.05, 3.63) is 58.1 Å². The summed E-state index contributed by atoms with van der Waals surface area (Å²) in [5.41, 5.74) is 1.82. The number of carbonyl (C=O) groups excluding carboxylic acids is 1. The van der Waals surface area contributed by atoms with Crippen molar-refractivity contribution in [3.8, 4) is 11.5 Å². The summed E-state index contributed by atoms with van der Waals surface area (Å²) in [5.74, 6) is 1.42. The molecule has 0 aliphatic rings. The zero-order chi connectivity index (χ0) is 22.1. The number of ether oxygens (including phenoxy) is 3. The van der Waals surface area contributed by atoms with Crippen LogP contribution in [0.5, 0.6) is 11.5 Å². The first-order valence-corrected chi connectivity index (χ1v) is 10.9. The number of alkyl carbamates (subject to hydrolysis) is 1. The predicted octanol–water partition coefficient (Wildman–Crippen LogP) is 5.93. The van der Waals surface area contributed by atoms with E-state index in [9.17, 15) is 4.79 Å². The van der Waals surface area contributed by atoms with Gasteiger partial charge in [0.1, 0.15) is 5.60 Å². The quantitative estimate of drug-likeness (QED) is 0.486. The number of methoxy groups -OCH3 is 2. The molecule has 0 radical (unpaired) electrons. The standard InChI is InChI=1S/C24H32BrNO4/c1-24(2,3)30-23(27)26-19(14-12-18-8-6-7-9-20(18)25)13-10-17-11-15-21(28-4)22(16-17)29-5/h6-9,11,15-16,19H,10,12-14H2,1-5H3,(H,26,27)/t19-/m0/s1. The number of hydrogen-bond acceptors (Lipinski definition) is 4. The molecule has 0 saturated carbocycles. The van der Waals surface area contributed by atoms with Gasteiger partial charge >= 0.3 is 6.09 Å². The summed E-state index contributed by atoms with van der Waals surface area (Å²) in [4.78, 5) is 12.4. The summed E-state index contributed by atoms with van der Waals surface area (Å²) in [7, 11) is 3.26. The molecule has 30 heavy (non-hydrogen) atoms. The highest BCUT2D eigenvalue weighted by Crippen LogP contribution is 2.28. The highest BCUT2D eigenvalue weighted by Gasteiger charge is 2.20. The second kappa shape index (κ2) is 11.3. The average molecular weight is 478 g/mol. The van der Waals surface area contributed by atoms with E-state index < -0.39 is 5.60 Å². The van der Waals surface area contributed by atoms with Crippen molar-refractivity contribution in [1.29, 1.82) is 0 Å². The van der Waals surface area contributed by atoms with Crippen LogP contribution in [0.15, 0.2) is 46.9 Å². The molecule has 0 fully saturated rings. The third kappa shape index (κ3) is 7.90. The molecule has 6 heteroatoms. The average Bonchev–Trinajstić information content (AvgIpc) is 2.69. The van der Waals surface area contributed by atoms with Crippen LogP contribution in [-0.2, 0) is 17.6 Å². The fourth-order valence-electron chi connectivity index (χ4n) is 3.17. The number of rotatable bonds is 9. The molecule has 0 saturated heterocycles. The zero-order valence-electron chi connectivity index (χ0n) is 18.5. The van der Waals surface area contributed by atoms with Gasteiger partial charge < -0.3 is 19.5 Å². The van der Waals surface area contributed by atoms with Crippen molar-refractivity contribution in [3.63, 3.8) is 0 Å². The molecule has 5 nitrogen and oxygen atoms in total. The molecule has 2 aromatic carbocycles. The minimum atomic E-state index is -0.527. The maximum atomic E-state index is 12.4. The summed E-state index contributed by atoms with van der Waals surface area (Å²) in [6, 6.07) is 14.1. The van der Waals surface area contributed by atoms with Crippen LogP contribution < -0.4 is 14.8 Å². The van der Waals surface area contributed by atoms with Crippen molar-refractivity contribution in [2.45, 2.75) is 58.1 Å². The first-order valence-electron chi connectivity index (χ1n) is 10.2. The highest BCUT2D eigenvalue weighted by atomic mass is 79.9. The monoisotopic (exact) mass is 477 g/mol. The first-order chi connectivity index (χ1) is 14.2. The number of hydrogen-bond donors (Lipinski definition) is 1. The molecule has 0 heterocycles. The maximum Gasteiger partial charge on any atom is 0.407 e. The van der Waals surface area contributed by atoms with Crippen LogP contribution in [0, 0.1) is 0 Å². The Labute approximate surface area is 188 Å². The number of amides is 1. The second-order valence-electron chi connectivity index (χ2n) is 8.20. The molecule has 0 unspecified atom stereocenters. The van der Waals surface area contributed by atoms with Gasteiger partial charge in [-0.15, -0.1) is 0 Å². The van der Waals surface area contributed by atoms with Crippen molar-refractivity contribution in [1.82, 2.24) is 5.32 Å². The molecule has 0 bridgehead atoms. The van der Waals surface area contributed by atoms with E-state index in [-0.39, 0.29) is 12.1 Å². The van der Waals surface area contributed by atoms with E-state index in [1.807, 2.05) is 57.2 Å². The molecule has 2 rings (SSSR count). The van der Waals surface area contributed by atoms with Crippen LogP contribution in [0.2, 0.25) is 0 Å². The van der Waals surface area contributed by atoms with Gasteiger partial charge in [-0.2, -0.15) is 0 Å². The van der Waals surface area contributed by atoms with Crippen molar-refractivity contribution >= 4 is 22.0 Å². The van der Waals surface area contributed by atoms with E-state index in [1.54, 1.807) is 14.2 Å². The summed E-state index contributed by atoms with van der Waals surface area (Å²) >= 11 is 3.60. The number of benzene rings is 2. The van der Waals surface area contributed by atoms with Crippen molar-refractivity contribution in [2.24, 2.45) is 0 Å². The molecule has 1 amide bonds. The molecule has 2 aromatic rings. The van der Waals surface area contributed by atoms with Crippen LogP contribution in [-0.4, -0.2) is 32.0 Å². The van der Waals surface area contributed by atoms with Crippen molar-refractivity contribution in [2.75, 3.05) is 14.2 Å². The predicted molar refractivity (Wildman–Crippen MR) is 123 cm³/mol. The lowest BCUT2D eigenvalue weighted by molar-refractivity contribution is 0.0499. The van der Waals surface area contributed by atoms with Gasteiger partial charge in [0.15, 0.2) is 11.5 Å². The number of carbonyl (C=O) groups is 1. The minimum absolute atomic E-state index is 0.0138. The van der Waals surface area contributed by atoms with Gasteiger partial charge in [0.25, 0.3) is 0 Å². The summed E-state index contributed by atoms with van der Waals surface area (Å²) in [6.07, 6.45) is 2.88. The van der Waals surface area contributed by atoms with Gasteiger partial charge in [-0.3, -0.25) is 0 Å². The Hall–Kier alpha value is -2.21. The highest BCUT2D eigenvalue weighted by molar-refractivity contribution is 9.10. The first kappa shape index (κ1) is 24.1. The Morgan fingerprint density at radius 1 is 1.00 bits per heavy atom. The second-order valence-corrected chi connectivity index (χ2v) is 9.06. The molecule has 0 spiro atoms. The fourth-order valence-corrected chi connectivity index (χ4v) is 3.65. The van der Waals surface area contributed by atoms with Crippen LogP contribution >= 0.6 is 15.9 Å². The molecular formula is C24H32BrNO4. The molecule has 0 aromatic heterocycles. The number of aryl methyl sites for hydroxylation is 2. The normalized spacial score (nSPS) is 12.2. The lowest BCUT2D eigenvalue weighted by Gasteiger charge is -2.24. The Morgan fingerprint density at radius 3 is 2.30 bits per heavy atom. The van der Waals surface area contributed by atoms with E-state index >= 15 is 0 Å². The van der Waals surface area contributed by atoms with Gasteiger partial charge in [0.05, 0.1) is 14.2 Å². The summed E-state index contributed by atoms with van der Waals surface area (Å²) in [6.45, 7) is 5.60. The smallest absolute Gasteiger partial charge is 0.407 e. The van der Waals surface area contributed by atoms with Gasteiger partial charge in [-0.1, -0.05) is 40.2 Å². The Bertz CT molecular complexity index is 832. The Morgan fingerprint density at radius 2 is 1.67 bits per heavy atom. The van der Waals surface area contributed by atoms with Gasteiger partial charge in [0.2, 0.25) is 0 Å². The lowest BCUT2D eigenvalue weighted by Crippen LogP contribution is -2.39. The number of halogens is 1. The molecule has 1 atom stereocenters. The molecule has 164 valence electrons. The van der Waals surface area contributed by atoms with Gasteiger partial charge in [-0.25, -0.2) is 4.79 Å². The lowest BCUT2D eigenvalue weighted by atomic mass is 9.99. The van der Waals surface area contributed by atoms with E-state index in [4.69, 9.17) is 14.2 Å². The van der Waals surface area contributed by atoms with Gasteiger partial charge in [-0.05, 0) is 75.8 Å². The molecule has 0 aliphatic carbocycles. The zero-order valence-corrected chi connectivity index (χ0v) is 20.0. The molecule has 0 aliphatic heterocycles. The maximum absolute atomic E-state index is 12.4. The van der Waals surface area contributed by atoms with E-state index in [1.165, 1.54) is 5.56 Å². The largest absolute Gasteiger partial charge is 0.493 e. The number of nitrogens with one attached hydrogen (secondary N) is 1. The van der Waals surface area contributed by atoms with Crippen molar-refractivity contribution < 1.29 is 19.0 Å². The third-order valence-corrected chi connectivity index (χ3v) is 5.44. The van der Waals surface area contributed by atoms with E-state index in [2.05, 4.69) is 27.3 Å². The summed E-state index contributed by atoms with van der Waals surface area (Å²) in [5, 5.41) is 3.05. The Kier molecular flexibility index (Phi) is 9.03. The van der Waals surface area contributed by atoms with Crippen LogP contribution in [0.3, 0.4) is 0 Å². The molecular weight excluding hydrogens is 446 g/mol. The Balaban J connectivity index is 2.06. The fraction of sp³-hybridized carbons (Fsp3) is 0.458. The summed E-state index contributed by atoms with van der Waals surface area (Å²) < 4.78 is 17.3. The van der Waals surface area contributed by atoms with E-state index in [0.717, 1.165) is 35.7 Å². The van der Waals surface area contributed by atoms with Crippen LogP contribution in [0.4, 0.5) is 4.79 Å². The van der Waals surface area contributed by atoms with Gasteiger partial charge in [0, 0.05) is 10.5 Å².